The third kappa shape index (κ3) is 3.35. The van der Waals surface area contributed by atoms with Crippen LogP contribution in [0.3, 0.4) is 0 Å². The Kier molecular flexibility index (Phi) is 5.09. The molecular formula is C15H16BrFN2O. The Balaban J connectivity index is 2.36. The molecule has 0 saturated heterocycles. The molecule has 2 rings (SSSR count). The maximum Gasteiger partial charge on any atom is 0.137 e. The molecule has 1 heterocycles. The molecule has 5 heteroatoms. The van der Waals surface area contributed by atoms with Crippen molar-refractivity contribution in [2.45, 2.75) is 13.0 Å². The first-order chi connectivity index (χ1) is 9.65. The van der Waals surface area contributed by atoms with Gasteiger partial charge in [0.15, 0.2) is 0 Å². The predicted octanol–water partition coefficient (Wildman–Crippen LogP) is 3.69. The lowest BCUT2D eigenvalue weighted by Crippen LogP contribution is -2.18. The van der Waals surface area contributed by atoms with Crippen LogP contribution in [0.2, 0.25) is 0 Å². The highest BCUT2D eigenvalue weighted by molar-refractivity contribution is 9.10. The summed E-state index contributed by atoms with van der Waals surface area (Å²) in [5.41, 5.74) is 1.92. The average molecular weight is 339 g/mol. The summed E-state index contributed by atoms with van der Waals surface area (Å²) in [6, 6.07) is 6.84. The third-order valence-corrected chi connectivity index (χ3v) is 3.55. The zero-order chi connectivity index (χ0) is 14.5. The molecular weight excluding hydrogens is 323 g/mol. The van der Waals surface area contributed by atoms with Crippen molar-refractivity contribution in [3.63, 3.8) is 0 Å². The molecule has 0 aliphatic heterocycles. The summed E-state index contributed by atoms with van der Waals surface area (Å²) >= 11 is 3.21. The standard InChI is InChI=1S/C15H16BrFN2O/c1-3-20-12-6-11(8-19-9-12)15(18-2)10-4-5-14(17)13(16)7-10/h4-9,15,18H,3H2,1-2H3. The number of hydrogen-bond acceptors (Lipinski definition) is 3. The first kappa shape index (κ1) is 14.9. The van der Waals surface area contributed by atoms with Crippen molar-refractivity contribution in [1.82, 2.24) is 10.3 Å². The largest absolute Gasteiger partial charge is 0.492 e. The van der Waals surface area contributed by atoms with E-state index in [2.05, 4.69) is 26.2 Å². The number of nitrogens with one attached hydrogen (secondary N) is 1. The molecule has 0 radical (unpaired) electrons. The number of aromatic nitrogens is 1. The zero-order valence-corrected chi connectivity index (χ0v) is 12.9. The second-order valence-electron chi connectivity index (χ2n) is 4.28. The first-order valence-electron chi connectivity index (χ1n) is 6.35. The first-order valence-corrected chi connectivity index (χ1v) is 7.15. The van der Waals surface area contributed by atoms with Crippen molar-refractivity contribution < 1.29 is 9.13 Å². The molecule has 0 saturated carbocycles. The molecule has 0 amide bonds. The third-order valence-electron chi connectivity index (χ3n) is 2.94. The quantitative estimate of drug-likeness (QED) is 0.902. The van der Waals surface area contributed by atoms with Crippen LogP contribution in [-0.2, 0) is 0 Å². The summed E-state index contributed by atoms with van der Waals surface area (Å²) in [4.78, 5) is 4.19. The number of rotatable bonds is 5. The van der Waals surface area contributed by atoms with Crippen molar-refractivity contribution in [3.05, 3.63) is 58.1 Å². The molecule has 1 unspecified atom stereocenters. The van der Waals surface area contributed by atoms with Gasteiger partial charge < -0.3 is 10.1 Å². The molecule has 0 bridgehead atoms. The van der Waals surface area contributed by atoms with E-state index >= 15 is 0 Å². The lowest BCUT2D eigenvalue weighted by Gasteiger charge is -2.18. The summed E-state index contributed by atoms with van der Waals surface area (Å²) in [6.45, 7) is 2.52. The van der Waals surface area contributed by atoms with Crippen LogP contribution >= 0.6 is 15.9 Å². The predicted molar refractivity (Wildman–Crippen MR) is 80.4 cm³/mol. The molecule has 2 aromatic rings. The maximum atomic E-state index is 13.3. The normalized spacial score (nSPS) is 12.2. The van der Waals surface area contributed by atoms with Gasteiger partial charge >= 0.3 is 0 Å². The number of ether oxygens (including phenoxy) is 1. The summed E-state index contributed by atoms with van der Waals surface area (Å²) in [7, 11) is 1.86. The van der Waals surface area contributed by atoms with E-state index in [1.807, 2.05) is 20.0 Å². The molecule has 1 aromatic heterocycles. The van der Waals surface area contributed by atoms with Gasteiger partial charge in [-0.3, -0.25) is 4.98 Å². The second-order valence-corrected chi connectivity index (χ2v) is 5.14. The van der Waals surface area contributed by atoms with Gasteiger partial charge in [-0.2, -0.15) is 0 Å². The van der Waals surface area contributed by atoms with Crippen molar-refractivity contribution >= 4 is 15.9 Å². The van der Waals surface area contributed by atoms with Gasteiger partial charge in [-0.15, -0.1) is 0 Å². The van der Waals surface area contributed by atoms with Crippen LogP contribution in [0.25, 0.3) is 0 Å². The molecule has 1 aromatic carbocycles. The molecule has 1 N–H and O–H groups in total. The highest BCUT2D eigenvalue weighted by atomic mass is 79.9. The van der Waals surface area contributed by atoms with Gasteiger partial charge in [0.05, 0.1) is 23.3 Å². The van der Waals surface area contributed by atoms with Gasteiger partial charge in [0.2, 0.25) is 0 Å². The fraction of sp³-hybridized carbons (Fsp3) is 0.267. The van der Waals surface area contributed by atoms with E-state index in [4.69, 9.17) is 4.74 Å². The van der Waals surface area contributed by atoms with Crippen LogP contribution in [0.4, 0.5) is 4.39 Å². The van der Waals surface area contributed by atoms with Crippen molar-refractivity contribution in [1.29, 1.82) is 0 Å². The van der Waals surface area contributed by atoms with Crippen LogP contribution in [0.5, 0.6) is 5.75 Å². The fourth-order valence-electron chi connectivity index (χ4n) is 2.06. The van der Waals surface area contributed by atoms with Gasteiger partial charge in [0.25, 0.3) is 0 Å². The smallest absolute Gasteiger partial charge is 0.137 e. The average Bonchev–Trinajstić information content (AvgIpc) is 2.44. The maximum absolute atomic E-state index is 13.3. The molecule has 1 atom stereocenters. The Hall–Kier alpha value is -1.46. The number of benzene rings is 1. The van der Waals surface area contributed by atoms with Crippen LogP contribution in [-0.4, -0.2) is 18.6 Å². The van der Waals surface area contributed by atoms with E-state index in [1.165, 1.54) is 6.07 Å². The van der Waals surface area contributed by atoms with E-state index in [0.29, 0.717) is 11.1 Å². The SMILES string of the molecule is CCOc1cncc(C(NC)c2ccc(F)c(Br)c2)c1. The minimum Gasteiger partial charge on any atom is -0.492 e. The molecule has 20 heavy (non-hydrogen) atoms. The van der Waals surface area contributed by atoms with E-state index in [0.717, 1.165) is 16.9 Å². The summed E-state index contributed by atoms with van der Waals surface area (Å²) in [5, 5.41) is 3.21. The lowest BCUT2D eigenvalue weighted by atomic mass is 10.0. The Morgan fingerprint density at radius 2 is 2.10 bits per heavy atom. The minimum atomic E-state index is -0.273. The van der Waals surface area contributed by atoms with Gasteiger partial charge in [-0.1, -0.05) is 6.07 Å². The molecule has 0 aliphatic carbocycles. The Bertz CT molecular complexity index is 592. The summed E-state index contributed by atoms with van der Waals surface area (Å²) in [6.07, 6.45) is 3.46. The molecule has 106 valence electrons. The Morgan fingerprint density at radius 3 is 2.75 bits per heavy atom. The summed E-state index contributed by atoms with van der Waals surface area (Å²) < 4.78 is 19.2. The summed E-state index contributed by atoms with van der Waals surface area (Å²) in [5.74, 6) is 0.455. The monoisotopic (exact) mass is 338 g/mol. The highest BCUT2D eigenvalue weighted by Gasteiger charge is 2.14. The van der Waals surface area contributed by atoms with Crippen LogP contribution < -0.4 is 10.1 Å². The lowest BCUT2D eigenvalue weighted by molar-refractivity contribution is 0.338. The number of nitrogens with zero attached hydrogens (tertiary/aromatic N) is 1. The van der Waals surface area contributed by atoms with E-state index in [-0.39, 0.29) is 11.9 Å². The number of pyridine rings is 1. The van der Waals surface area contributed by atoms with Crippen molar-refractivity contribution in [2.24, 2.45) is 0 Å². The second kappa shape index (κ2) is 6.81. The van der Waals surface area contributed by atoms with Crippen LogP contribution in [0, 0.1) is 5.82 Å². The topological polar surface area (TPSA) is 34.1 Å². The van der Waals surface area contributed by atoms with Crippen LogP contribution in [0.1, 0.15) is 24.1 Å². The van der Waals surface area contributed by atoms with E-state index < -0.39 is 0 Å². The zero-order valence-electron chi connectivity index (χ0n) is 11.4. The van der Waals surface area contributed by atoms with E-state index in [9.17, 15) is 4.39 Å². The molecule has 0 fully saturated rings. The van der Waals surface area contributed by atoms with Gasteiger partial charge in [0.1, 0.15) is 11.6 Å². The van der Waals surface area contributed by atoms with Gasteiger partial charge in [-0.05, 0) is 59.2 Å². The van der Waals surface area contributed by atoms with Gasteiger partial charge in [-0.25, -0.2) is 4.39 Å². The number of halogens is 2. The highest BCUT2D eigenvalue weighted by Crippen LogP contribution is 2.27. The van der Waals surface area contributed by atoms with Crippen molar-refractivity contribution in [3.8, 4) is 5.75 Å². The minimum absolute atomic E-state index is 0.0696. The Morgan fingerprint density at radius 1 is 1.30 bits per heavy atom. The van der Waals surface area contributed by atoms with Crippen molar-refractivity contribution in [2.75, 3.05) is 13.7 Å². The van der Waals surface area contributed by atoms with Gasteiger partial charge in [0, 0.05) is 6.20 Å². The van der Waals surface area contributed by atoms with Crippen LogP contribution in [0.15, 0.2) is 41.1 Å². The molecule has 0 aliphatic rings. The molecule has 3 nitrogen and oxygen atoms in total. The fourth-order valence-corrected chi connectivity index (χ4v) is 2.45. The molecule has 0 spiro atoms. The van der Waals surface area contributed by atoms with E-state index in [1.54, 1.807) is 24.5 Å². The number of hydrogen-bond donors (Lipinski definition) is 1. The Labute approximate surface area is 126 Å².